The van der Waals surface area contributed by atoms with Crippen molar-refractivity contribution in [3.8, 4) is 0 Å². The summed E-state index contributed by atoms with van der Waals surface area (Å²) < 4.78 is 30.4. The minimum atomic E-state index is -4.14. The lowest BCUT2D eigenvalue weighted by Crippen LogP contribution is -2.54. The smallest absolute Gasteiger partial charge is 0.264 e. The van der Waals surface area contributed by atoms with Gasteiger partial charge in [-0.25, -0.2) is 8.42 Å². The van der Waals surface area contributed by atoms with Crippen molar-refractivity contribution in [2.24, 2.45) is 0 Å². The first-order chi connectivity index (χ1) is 22.1. The maximum atomic E-state index is 14.6. The van der Waals surface area contributed by atoms with Crippen LogP contribution in [0.1, 0.15) is 47.9 Å². The summed E-state index contributed by atoms with van der Waals surface area (Å²) in [5.74, 6) is -0.706. The third-order valence-electron chi connectivity index (χ3n) is 8.60. The summed E-state index contributed by atoms with van der Waals surface area (Å²) in [5.41, 5.74) is 4.02. The lowest BCUT2D eigenvalue weighted by atomic mass is 10.0. The third kappa shape index (κ3) is 8.25. The number of sulfonamides is 1. The molecule has 1 aliphatic carbocycles. The number of hydrogen-bond donors (Lipinski definition) is 1. The molecule has 1 N–H and O–H groups in total. The summed E-state index contributed by atoms with van der Waals surface area (Å²) in [4.78, 5) is 30.4. The highest BCUT2D eigenvalue weighted by Crippen LogP contribution is 2.27. The van der Waals surface area contributed by atoms with Gasteiger partial charge in [-0.1, -0.05) is 95.5 Å². The van der Waals surface area contributed by atoms with Gasteiger partial charge in [0.25, 0.3) is 10.0 Å². The number of carbonyl (C=O) groups is 2. The molecule has 7 nitrogen and oxygen atoms in total. The molecule has 9 heteroatoms. The maximum Gasteiger partial charge on any atom is 0.264 e. The molecule has 1 aliphatic rings. The highest BCUT2D eigenvalue weighted by Gasteiger charge is 2.35. The van der Waals surface area contributed by atoms with Gasteiger partial charge in [-0.2, -0.15) is 0 Å². The van der Waals surface area contributed by atoms with Gasteiger partial charge in [0.1, 0.15) is 12.6 Å². The monoisotopic (exact) mass is 701 g/mol. The van der Waals surface area contributed by atoms with Crippen molar-refractivity contribution in [3.05, 3.63) is 130 Å². The maximum absolute atomic E-state index is 14.6. The Morgan fingerprint density at radius 3 is 2.13 bits per heavy atom. The summed E-state index contributed by atoms with van der Waals surface area (Å²) in [6.07, 6.45) is 4.20. The van der Waals surface area contributed by atoms with Crippen LogP contribution in [0, 0.1) is 13.8 Å². The number of aryl methyl sites for hydroxylation is 2. The molecule has 0 radical (unpaired) electrons. The molecule has 0 aliphatic heterocycles. The van der Waals surface area contributed by atoms with Crippen molar-refractivity contribution < 1.29 is 18.0 Å². The van der Waals surface area contributed by atoms with Crippen LogP contribution in [0.15, 0.2) is 112 Å². The topological polar surface area (TPSA) is 86.8 Å². The first-order valence-electron chi connectivity index (χ1n) is 15.6. The molecule has 2 amide bonds. The van der Waals surface area contributed by atoms with Gasteiger partial charge in [0.05, 0.1) is 10.6 Å². The molecule has 46 heavy (non-hydrogen) atoms. The van der Waals surface area contributed by atoms with Crippen LogP contribution < -0.4 is 9.62 Å². The van der Waals surface area contributed by atoms with Crippen molar-refractivity contribution >= 4 is 43.5 Å². The van der Waals surface area contributed by atoms with Gasteiger partial charge in [0.2, 0.25) is 11.8 Å². The highest BCUT2D eigenvalue weighted by atomic mass is 79.9. The summed E-state index contributed by atoms with van der Waals surface area (Å²) in [5, 5.41) is 3.21. The Labute approximate surface area is 280 Å². The lowest BCUT2D eigenvalue weighted by Gasteiger charge is -2.34. The molecule has 1 fully saturated rings. The molecule has 240 valence electrons. The quantitative estimate of drug-likeness (QED) is 0.173. The lowest BCUT2D eigenvalue weighted by molar-refractivity contribution is -0.140. The second-order valence-corrected chi connectivity index (χ2v) is 14.7. The van der Waals surface area contributed by atoms with Gasteiger partial charge in [0.15, 0.2) is 0 Å². The average molecular weight is 703 g/mol. The predicted octanol–water partition coefficient (Wildman–Crippen LogP) is 6.96. The number of rotatable bonds is 12. The Morgan fingerprint density at radius 1 is 0.826 bits per heavy atom. The Kier molecular flexibility index (Phi) is 11.0. The molecule has 0 saturated heterocycles. The van der Waals surface area contributed by atoms with E-state index in [9.17, 15) is 18.0 Å². The van der Waals surface area contributed by atoms with Crippen LogP contribution in [0.3, 0.4) is 0 Å². The van der Waals surface area contributed by atoms with Crippen molar-refractivity contribution in [1.82, 2.24) is 10.2 Å². The van der Waals surface area contributed by atoms with Crippen LogP contribution in [0.25, 0.3) is 0 Å². The standard InChI is InChI=1S/C37H40BrN3O4S/c1-27-20-21-33(22-28(27)2)41(46(44,45)34-18-7-4-8-19-34)26-36(42)40(25-30-14-11-15-31(38)23-30)35(24-29-12-5-3-6-13-29)37(43)39-32-16-9-10-17-32/h3-8,11-15,18-23,32,35H,9-10,16-17,24-26H2,1-2H3,(H,39,43)/t35-/m0/s1. The molecule has 4 aromatic rings. The molecule has 0 bridgehead atoms. The first kappa shape index (κ1) is 33.4. The van der Waals surface area contributed by atoms with E-state index in [0.29, 0.717) is 5.69 Å². The van der Waals surface area contributed by atoms with E-state index in [1.165, 1.54) is 16.4 Å². The largest absolute Gasteiger partial charge is 0.352 e. The fourth-order valence-corrected chi connectivity index (χ4v) is 7.76. The Balaban J connectivity index is 1.57. The van der Waals surface area contributed by atoms with E-state index >= 15 is 0 Å². The van der Waals surface area contributed by atoms with E-state index in [-0.39, 0.29) is 29.8 Å². The van der Waals surface area contributed by atoms with Crippen LogP contribution in [-0.2, 0) is 32.6 Å². The molecule has 0 heterocycles. The molecule has 0 unspecified atom stereocenters. The van der Waals surface area contributed by atoms with Crippen molar-refractivity contribution in [2.45, 2.75) is 69.5 Å². The third-order valence-corrected chi connectivity index (χ3v) is 10.9. The molecule has 1 atom stereocenters. The number of halogens is 1. The zero-order valence-electron chi connectivity index (χ0n) is 26.2. The summed E-state index contributed by atoms with van der Waals surface area (Å²) in [7, 11) is -4.14. The van der Waals surface area contributed by atoms with E-state index in [2.05, 4.69) is 21.2 Å². The molecule has 0 aromatic heterocycles. The first-order valence-corrected chi connectivity index (χ1v) is 17.9. The number of hydrogen-bond acceptors (Lipinski definition) is 4. The minimum absolute atomic E-state index is 0.0547. The van der Waals surface area contributed by atoms with Gasteiger partial charge < -0.3 is 10.2 Å². The summed E-state index contributed by atoms with van der Waals surface area (Å²) in [6, 6.07) is 29.9. The van der Waals surface area contributed by atoms with Crippen LogP contribution in [-0.4, -0.2) is 43.8 Å². The van der Waals surface area contributed by atoms with Crippen LogP contribution in [0.5, 0.6) is 0 Å². The second-order valence-electron chi connectivity index (χ2n) is 11.9. The fraction of sp³-hybridized carbons (Fsp3) is 0.297. The van der Waals surface area contributed by atoms with Gasteiger partial charge in [-0.15, -0.1) is 0 Å². The highest BCUT2D eigenvalue weighted by molar-refractivity contribution is 9.10. The van der Waals surface area contributed by atoms with E-state index in [4.69, 9.17) is 0 Å². The van der Waals surface area contributed by atoms with Gasteiger partial charge in [-0.05, 0) is 85.3 Å². The SMILES string of the molecule is Cc1ccc(N(CC(=O)N(Cc2cccc(Br)c2)[C@@H](Cc2ccccc2)C(=O)NC2CCCC2)S(=O)(=O)c2ccccc2)cc1C. The number of anilines is 1. The molecule has 5 rings (SSSR count). The summed E-state index contributed by atoms with van der Waals surface area (Å²) >= 11 is 3.53. The zero-order valence-corrected chi connectivity index (χ0v) is 28.6. The normalized spacial score (nSPS) is 14.1. The number of nitrogens with zero attached hydrogens (tertiary/aromatic N) is 2. The zero-order chi connectivity index (χ0) is 32.7. The minimum Gasteiger partial charge on any atom is -0.352 e. The van der Waals surface area contributed by atoms with Gasteiger partial charge in [-0.3, -0.25) is 13.9 Å². The predicted molar refractivity (Wildman–Crippen MR) is 186 cm³/mol. The number of benzene rings is 4. The van der Waals surface area contributed by atoms with Crippen LogP contribution >= 0.6 is 15.9 Å². The van der Waals surface area contributed by atoms with E-state index in [0.717, 1.165) is 52.4 Å². The molecular weight excluding hydrogens is 662 g/mol. The van der Waals surface area contributed by atoms with Crippen molar-refractivity contribution in [2.75, 3.05) is 10.8 Å². The van der Waals surface area contributed by atoms with Gasteiger partial charge in [0, 0.05) is 23.5 Å². The summed E-state index contributed by atoms with van der Waals surface area (Å²) in [6.45, 7) is 3.52. The van der Waals surface area contributed by atoms with E-state index < -0.39 is 28.5 Å². The van der Waals surface area contributed by atoms with Crippen molar-refractivity contribution in [1.29, 1.82) is 0 Å². The molecule has 4 aromatic carbocycles. The fourth-order valence-electron chi connectivity index (χ4n) is 5.88. The number of nitrogens with one attached hydrogen (secondary N) is 1. The Morgan fingerprint density at radius 2 is 1.48 bits per heavy atom. The molecular formula is C37H40BrN3O4S. The second kappa shape index (κ2) is 15.1. The Hall–Kier alpha value is -3.95. The molecule has 1 saturated carbocycles. The number of amides is 2. The van der Waals surface area contributed by atoms with Gasteiger partial charge >= 0.3 is 0 Å². The average Bonchev–Trinajstić information content (AvgIpc) is 3.56. The molecule has 0 spiro atoms. The number of carbonyl (C=O) groups excluding carboxylic acids is 2. The van der Waals surface area contributed by atoms with E-state index in [1.807, 2.05) is 74.5 Å². The Bertz CT molecular complexity index is 1760. The van der Waals surface area contributed by atoms with E-state index in [1.54, 1.807) is 35.2 Å². The van der Waals surface area contributed by atoms with Crippen molar-refractivity contribution in [3.63, 3.8) is 0 Å². The van der Waals surface area contributed by atoms with Crippen LogP contribution in [0.4, 0.5) is 5.69 Å². The van der Waals surface area contributed by atoms with Crippen LogP contribution in [0.2, 0.25) is 0 Å².